The molecule has 0 radical (unpaired) electrons. The van der Waals surface area contributed by atoms with Gasteiger partial charge in [0.05, 0.1) is 22.7 Å². The van der Waals surface area contributed by atoms with Gasteiger partial charge in [-0.2, -0.15) is 0 Å². The number of carbonyl (C=O) groups is 2. The molecule has 2 atom stereocenters. The Morgan fingerprint density at radius 2 is 2.22 bits per heavy atom. The minimum atomic E-state index is -0.376. The van der Waals surface area contributed by atoms with Crippen LogP contribution in [-0.4, -0.2) is 37.6 Å². The Kier molecular flexibility index (Phi) is 5.09. The topological polar surface area (TPSA) is 58.6 Å². The van der Waals surface area contributed by atoms with E-state index in [0.717, 1.165) is 19.4 Å². The van der Waals surface area contributed by atoms with Crippen LogP contribution in [0.3, 0.4) is 0 Å². The molecule has 2 amide bonds. The predicted octanol–water partition coefficient (Wildman–Crippen LogP) is 2.64. The highest BCUT2D eigenvalue weighted by Crippen LogP contribution is 2.33. The molecule has 3 rings (SSSR count). The summed E-state index contributed by atoms with van der Waals surface area (Å²) in [6, 6.07) is 4.96. The summed E-state index contributed by atoms with van der Waals surface area (Å²) in [6.45, 7) is 1.57. The fourth-order valence-corrected chi connectivity index (χ4v) is 3.36. The van der Waals surface area contributed by atoms with Crippen molar-refractivity contribution in [1.82, 2.24) is 5.32 Å². The number of hydrogen-bond acceptors (Lipinski definition) is 3. The molecule has 0 spiro atoms. The molecule has 23 heavy (non-hydrogen) atoms. The normalized spacial score (nSPS) is 24.3. The molecule has 2 heterocycles. The van der Waals surface area contributed by atoms with Crippen molar-refractivity contribution in [3.05, 3.63) is 28.2 Å². The van der Waals surface area contributed by atoms with E-state index in [4.69, 9.17) is 27.9 Å². The van der Waals surface area contributed by atoms with Crippen LogP contribution in [0.15, 0.2) is 18.2 Å². The molecule has 2 aliphatic heterocycles. The van der Waals surface area contributed by atoms with Crippen LogP contribution in [-0.2, 0) is 14.3 Å². The monoisotopic (exact) mass is 356 g/mol. The maximum Gasteiger partial charge on any atom is 0.227 e. The van der Waals surface area contributed by atoms with Crippen LogP contribution in [0, 0.1) is 5.92 Å². The van der Waals surface area contributed by atoms with Gasteiger partial charge in [0.15, 0.2) is 0 Å². The Morgan fingerprint density at radius 3 is 2.96 bits per heavy atom. The molecule has 0 aliphatic carbocycles. The van der Waals surface area contributed by atoms with Crippen molar-refractivity contribution in [2.75, 3.05) is 24.6 Å². The molecule has 0 saturated carbocycles. The smallest absolute Gasteiger partial charge is 0.227 e. The van der Waals surface area contributed by atoms with Crippen LogP contribution < -0.4 is 10.2 Å². The highest BCUT2D eigenvalue weighted by molar-refractivity contribution is 6.35. The minimum absolute atomic E-state index is 0.0922. The second-order valence-electron chi connectivity index (χ2n) is 5.88. The number of rotatable bonds is 4. The third kappa shape index (κ3) is 3.79. The Bertz CT molecular complexity index is 617. The van der Waals surface area contributed by atoms with Crippen LogP contribution in [0.25, 0.3) is 0 Å². The average Bonchev–Trinajstić information content (AvgIpc) is 3.17. The zero-order chi connectivity index (χ0) is 16.4. The number of ether oxygens (including phenoxy) is 1. The van der Waals surface area contributed by atoms with Crippen LogP contribution in [0.5, 0.6) is 0 Å². The minimum Gasteiger partial charge on any atom is -0.376 e. The molecule has 0 unspecified atom stereocenters. The van der Waals surface area contributed by atoms with Gasteiger partial charge in [-0.1, -0.05) is 23.2 Å². The number of carbonyl (C=O) groups excluding carboxylic acids is 2. The molecule has 124 valence electrons. The first-order chi connectivity index (χ1) is 11.0. The van der Waals surface area contributed by atoms with Crippen LogP contribution in [0.4, 0.5) is 5.69 Å². The number of hydrogen-bond donors (Lipinski definition) is 1. The van der Waals surface area contributed by atoms with Crippen LogP contribution in [0.2, 0.25) is 10.0 Å². The molecule has 2 saturated heterocycles. The van der Waals surface area contributed by atoms with Gasteiger partial charge in [-0.05, 0) is 31.0 Å². The maximum absolute atomic E-state index is 12.3. The van der Waals surface area contributed by atoms with Crippen LogP contribution >= 0.6 is 23.2 Å². The molecule has 1 N–H and O–H groups in total. The SMILES string of the molecule is O=C(NC[C@@H]1CCCO1)[C@@H]1CC(=O)N(c2cc(Cl)ccc2Cl)C1. The summed E-state index contributed by atoms with van der Waals surface area (Å²) in [5.74, 6) is -0.611. The molecule has 0 aromatic heterocycles. The summed E-state index contributed by atoms with van der Waals surface area (Å²) >= 11 is 12.1. The summed E-state index contributed by atoms with van der Waals surface area (Å²) in [5, 5.41) is 3.83. The van der Waals surface area contributed by atoms with E-state index in [9.17, 15) is 9.59 Å². The third-order valence-corrected chi connectivity index (χ3v) is 4.78. The van der Waals surface area contributed by atoms with Gasteiger partial charge in [-0.15, -0.1) is 0 Å². The van der Waals surface area contributed by atoms with Crippen LogP contribution in [0.1, 0.15) is 19.3 Å². The third-order valence-electron chi connectivity index (χ3n) is 4.22. The van der Waals surface area contributed by atoms with Gasteiger partial charge < -0.3 is 15.0 Å². The molecule has 1 aromatic rings. The first-order valence-electron chi connectivity index (χ1n) is 7.69. The number of anilines is 1. The van der Waals surface area contributed by atoms with Gasteiger partial charge in [0.25, 0.3) is 0 Å². The fraction of sp³-hybridized carbons (Fsp3) is 0.500. The molecule has 2 aliphatic rings. The van der Waals surface area contributed by atoms with Crippen molar-refractivity contribution in [2.24, 2.45) is 5.92 Å². The summed E-state index contributed by atoms with van der Waals surface area (Å²) in [6.07, 6.45) is 2.27. The Labute approximate surface area is 144 Å². The molecular weight excluding hydrogens is 339 g/mol. The van der Waals surface area contributed by atoms with Crippen molar-refractivity contribution in [3.8, 4) is 0 Å². The summed E-state index contributed by atoms with van der Waals surface area (Å²) in [7, 11) is 0. The van der Waals surface area contributed by atoms with Gasteiger partial charge in [0, 0.05) is 31.1 Å². The summed E-state index contributed by atoms with van der Waals surface area (Å²) in [4.78, 5) is 26.0. The number of benzene rings is 1. The number of halogens is 2. The second kappa shape index (κ2) is 7.07. The standard InChI is InChI=1S/C16H18Cl2N2O3/c17-11-3-4-13(18)14(7-11)20-9-10(6-15(20)21)16(22)19-8-12-2-1-5-23-12/h3-4,7,10,12H,1-2,5-6,8-9H2,(H,19,22)/t10-,12+/m1/s1. The lowest BCUT2D eigenvalue weighted by molar-refractivity contribution is -0.126. The number of amides is 2. The number of nitrogens with zero attached hydrogens (tertiary/aromatic N) is 1. The first kappa shape index (κ1) is 16.6. The zero-order valence-electron chi connectivity index (χ0n) is 12.6. The van der Waals surface area contributed by atoms with Crippen molar-refractivity contribution in [3.63, 3.8) is 0 Å². The Morgan fingerprint density at radius 1 is 1.39 bits per heavy atom. The fourth-order valence-electron chi connectivity index (χ4n) is 2.97. The Hall–Kier alpha value is -1.30. The van der Waals surface area contributed by atoms with Gasteiger partial charge in [-0.25, -0.2) is 0 Å². The summed E-state index contributed by atoms with van der Waals surface area (Å²) in [5.41, 5.74) is 0.554. The summed E-state index contributed by atoms with van der Waals surface area (Å²) < 4.78 is 5.48. The molecule has 1 aromatic carbocycles. The number of nitrogens with one attached hydrogen (secondary N) is 1. The van der Waals surface area contributed by atoms with E-state index in [1.807, 2.05) is 0 Å². The van der Waals surface area contributed by atoms with Crippen molar-refractivity contribution in [2.45, 2.75) is 25.4 Å². The van der Waals surface area contributed by atoms with Gasteiger partial charge >= 0.3 is 0 Å². The van der Waals surface area contributed by atoms with Crippen molar-refractivity contribution in [1.29, 1.82) is 0 Å². The Balaban J connectivity index is 1.62. The highest BCUT2D eigenvalue weighted by atomic mass is 35.5. The van der Waals surface area contributed by atoms with Gasteiger partial charge in [0.2, 0.25) is 11.8 Å². The van der Waals surface area contributed by atoms with E-state index in [0.29, 0.717) is 28.8 Å². The van der Waals surface area contributed by atoms with E-state index in [-0.39, 0.29) is 30.3 Å². The predicted molar refractivity (Wildman–Crippen MR) is 88.9 cm³/mol. The lowest BCUT2D eigenvalue weighted by Crippen LogP contribution is -2.37. The quantitative estimate of drug-likeness (QED) is 0.901. The van der Waals surface area contributed by atoms with E-state index < -0.39 is 0 Å². The molecule has 5 nitrogen and oxygen atoms in total. The first-order valence-corrected chi connectivity index (χ1v) is 8.45. The van der Waals surface area contributed by atoms with Gasteiger partial charge in [0.1, 0.15) is 0 Å². The van der Waals surface area contributed by atoms with E-state index in [2.05, 4.69) is 5.32 Å². The van der Waals surface area contributed by atoms with E-state index in [1.165, 1.54) is 4.90 Å². The molecular formula is C16H18Cl2N2O3. The van der Waals surface area contributed by atoms with Crippen molar-refractivity contribution >= 4 is 40.7 Å². The molecule has 2 fully saturated rings. The maximum atomic E-state index is 12.3. The largest absolute Gasteiger partial charge is 0.376 e. The van der Waals surface area contributed by atoms with Gasteiger partial charge in [-0.3, -0.25) is 9.59 Å². The highest BCUT2D eigenvalue weighted by Gasteiger charge is 2.36. The van der Waals surface area contributed by atoms with Crippen molar-refractivity contribution < 1.29 is 14.3 Å². The lowest BCUT2D eigenvalue weighted by atomic mass is 10.1. The second-order valence-corrected chi connectivity index (χ2v) is 6.72. The molecule has 7 heteroatoms. The molecule has 0 bridgehead atoms. The lowest BCUT2D eigenvalue weighted by Gasteiger charge is -2.18. The van der Waals surface area contributed by atoms with E-state index in [1.54, 1.807) is 18.2 Å². The van der Waals surface area contributed by atoms with E-state index >= 15 is 0 Å². The zero-order valence-corrected chi connectivity index (χ0v) is 14.1. The average molecular weight is 357 g/mol.